The summed E-state index contributed by atoms with van der Waals surface area (Å²) in [5.74, 6) is -0.333. The van der Waals surface area contributed by atoms with Gasteiger partial charge in [0.2, 0.25) is 0 Å². The van der Waals surface area contributed by atoms with Crippen LogP contribution in [-0.4, -0.2) is 12.6 Å². The molecule has 0 aliphatic carbocycles. The zero-order valence-corrected chi connectivity index (χ0v) is 12.1. The first-order chi connectivity index (χ1) is 10.3. The van der Waals surface area contributed by atoms with Gasteiger partial charge in [0.15, 0.2) is 0 Å². The lowest BCUT2D eigenvalue weighted by Crippen LogP contribution is -2.27. The Balaban J connectivity index is 1.95. The van der Waals surface area contributed by atoms with Gasteiger partial charge in [-0.2, -0.15) is 0 Å². The monoisotopic (exact) mass is 281 g/mol. The van der Waals surface area contributed by atoms with Crippen LogP contribution in [0.2, 0.25) is 0 Å². The Labute approximate surface area is 124 Å². The number of esters is 1. The van der Waals surface area contributed by atoms with Crippen LogP contribution in [0.4, 0.5) is 5.69 Å². The van der Waals surface area contributed by atoms with E-state index in [1.165, 1.54) is 5.56 Å². The number of carbonyl (C=O) groups excluding carboxylic acids is 1. The normalized spacial score (nSPS) is 20.2. The molecule has 21 heavy (non-hydrogen) atoms. The highest BCUT2D eigenvalue weighted by molar-refractivity contribution is 5.82. The van der Waals surface area contributed by atoms with E-state index in [9.17, 15) is 4.79 Å². The Morgan fingerprint density at radius 3 is 2.62 bits per heavy atom. The van der Waals surface area contributed by atoms with Gasteiger partial charge in [0.25, 0.3) is 0 Å². The molecule has 2 unspecified atom stereocenters. The van der Waals surface area contributed by atoms with E-state index < -0.39 is 0 Å². The molecule has 3 heteroatoms. The molecule has 108 valence electrons. The maximum atomic E-state index is 12.3. The first kappa shape index (κ1) is 13.7. The Bertz CT molecular complexity index is 624. The lowest BCUT2D eigenvalue weighted by Gasteiger charge is -2.32. The number of fused-ring (bicyclic) bond motifs is 1. The van der Waals surface area contributed by atoms with Gasteiger partial charge in [0, 0.05) is 5.69 Å². The maximum Gasteiger partial charge on any atom is 0.313 e. The van der Waals surface area contributed by atoms with Crippen molar-refractivity contribution in [2.24, 2.45) is 0 Å². The third-order valence-corrected chi connectivity index (χ3v) is 3.91. The molecule has 1 aliphatic heterocycles. The topological polar surface area (TPSA) is 38.3 Å². The van der Waals surface area contributed by atoms with E-state index in [1.807, 2.05) is 49.4 Å². The van der Waals surface area contributed by atoms with Gasteiger partial charge in [-0.3, -0.25) is 4.79 Å². The summed E-state index contributed by atoms with van der Waals surface area (Å²) in [6.07, 6.45) is 0.722. The average Bonchev–Trinajstić information content (AvgIpc) is 2.55. The number of rotatable bonds is 3. The summed E-state index contributed by atoms with van der Waals surface area (Å²) >= 11 is 0. The van der Waals surface area contributed by atoms with Gasteiger partial charge in [-0.05, 0) is 30.5 Å². The summed E-state index contributed by atoms with van der Waals surface area (Å²) < 4.78 is 5.26. The minimum absolute atomic E-state index is 0.132. The standard InChI is InChI=1S/C18H19NO2/c1-2-21-18(20)15-12-17(13-8-4-3-5-9-13)19-16-11-7-6-10-14(15)16/h3-11,15,17,19H,2,12H2,1H3. The second kappa shape index (κ2) is 6.00. The molecule has 0 saturated heterocycles. The molecule has 2 aromatic rings. The lowest BCUT2D eigenvalue weighted by molar-refractivity contribution is -0.145. The number of ether oxygens (including phenoxy) is 1. The smallest absolute Gasteiger partial charge is 0.313 e. The van der Waals surface area contributed by atoms with Crippen molar-refractivity contribution in [2.45, 2.75) is 25.3 Å². The van der Waals surface area contributed by atoms with Crippen molar-refractivity contribution in [2.75, 3.05) is 11.9 Å². The van der Waals surface area contributed by atoms with E-state index in [0.29, 0.717) is 6.61 Å². The van der Waals surface area contributed by atoms with Crippen LogP contribution >= 0.6 is 0 Å². The molecule has 0 saturated carbocycles. The van der Waals surface area contributed by atoms with Crippen LogP contribution in [0.15, 0.2) is 54.6 Å². The van der Waals surface area contributed by atoms with Crippen LogP contribution in [0, 0.1) is 0 Å². The second-order valence-electron chi connectivity index (χ2n) is 5.24. The number of hydrogen-bond acceptors (Lipinski definition) is 3. The molecule has 3 rings (SSSR count). The van der Waals surface area contributed by atoms with E-state index in [1.54, 1.807) is 0 Å². The van der Waals surface area contributed by atoms with Gasteiger partial charge in [-0.25, -0.2) is 0 Å². The first-order valence-corrected chi connectivity index (χ1v) is 7.36. The second-order valence-corrected chi connectivity index (χ2v) is 5.24. The third-order valence-electron chi connectivity index (χ3n) is 3.91. The van der Waals surface area contributed by atoms with Gasteiger partial charge in [-0.15, -0.1) is 0 Å². The molecule has 0 bridgehead atoms. The predicted octanol–water partition coefficient (Wildman–Crippen LogP) is 3.89. The number of para-hydroxylation sites is 1. The highest BCUT2D eigenvalue weighted by Crippen LogP contribution is 2.40. The van der Waals surface area contributed by atoms with Crippen molar-refractivity contribution < 1.29 is 9.53 Å². The highest BCUT2D eigenvalue weighted by atomic mass is 16.5. The van der Waals surface area contributed by atoms with Crippen molar-refractivity contribution in [3.05, 3.63) is 65.7 Å². The van der Waals surface area contributed by atoms with Gasteiger partial charge in [0.1, 0.15) is 0 Å². The largest absolute Gasteiger partial charge is 0.466 e. The molecule has 0 amide bonds. The van der Waals surface area contributed by atoms with Crippen molar-refractivity contribution in [3.63, 3.8) is 0 Å². The number of benzene rings is 2. The van der Waals surface area contributed by atoms with E-state index in [0.717, 1.165) is 17.7 Å². The summed E-state index contributed by atoms with van der Waals surface area (Å²) in [5, 5.41) is 3.53. The van der Waals surface area contributed by atoms with Crippen molar-refractivity contribution >= 4 is 11.7 Å². The lowest BCUT2D eigenvalue weighted by atomic mass is 9.84. The minimum Gasteiger partial charge on any atom is -0.466 e. The summed E-state index contributed by atoms with van der Waals surface area (Å²) in [7, 11) is 0. The average molecular weight is 281 g/mol. The van der Waals surface area contributed by atoms with E-state index >= 15 is 0 Å². The van der Waals surface area contributed by atoms with E-state index in [-0.39, 0.29) is 17.9 Å². The predicted molar refractivity (Wildman–Crippen MR) is 83.2 cm³/mol. The summed E-state index contributed by atoms with van der Waals surface area (Å²) in [6, 6.07) is 18.4. The Morgan fingerprint density at radius 1 is 1.14 bits per heavy atom. The molecule has 0 aromatic heterocycles. The Morgan fingerprint density at radius 2 is 1.86 bits per heavy atom. The molecule has 0 fully saturated rings. The number of anilines is 1. The Kier molecular flexibility index (Phi) is 3.91. The van der Waals surface area contributed by atoms with Gasteiger partial charge in [-0.1, -0.05) is 48.5 Å². The van der Waals surface area contributed by atoms with Crippen LogP contribution in [0.25, 0.3) is 0 Å². The zero-order chi connectivity index (χ0) is 14.7. The minimum atomic E-state index is -0.201. The molecule has 1 heterocycles. The summed E-state index contributed by atoms with van der Waals surface area (Å²) in [6.45, 7) is 2.26. The summed E-state index contributed by atoms with van der Waals surface area (Å²) in [5.41, 5.74) is 3.25. The number of carbonyl (C=O) groups is 1. The molecular weight excluding hydrogens is 262 g/mol. The van der Waals surface area contributed by atoms with Crippen molar-refractivity contribution in [1.29, 1.82) is 0 Å². The van der Waals surface area contributed by atoms with Crippen LogP contribution in [-0.2, 0) is 9.53 Å². The van der Waals surface area contributed by atoms with Crippen LogP contribution in [0.1, 0.15) is 36.4 Å². The fourth-order valence-electron chi connectivity index (χ4n) is 2.91. The molecular formula is C18H19NO2. The molecule has 1 N–H and O–H groups in total. The maximum absolute atomic E-state index is 12.3. The quantitative estimate of drug-likeness (QED) is 0.867. The molecule has 3 nitrogen and oxygen atoms in total. The van der Waals surface area contributed by atoms with Crippen molar-refractivity contribution in [3.8, 4) is 0 Å². The molecule has 0 radical (unpaired) electrons. The molecule has 0 spiro atoms. The zero-order valence-electron chi connectivity index (χ0n) is 12.1. The molecule has 1 aliphatic rings. The SMILES string of the molecule is CCOC(=O)C1CC(c2ccccc2)Nc2ccccc21. The van der Waals surface area contributed by atoms with Crippen LogP contribution in [0.5, 0.6) is 0 Å². The van der Waals surface area contributed by atoms with E-state index in [2.05, 4.69) is 17.4 Å². The Hall–Kier alpha value is -2.29. The fraction of sp³-hybridized carbons (Fsp3) is 0.278. The molecule has 2 atom stereocenters. The highest BCUT2D eigenvalue weighted by Gasteiger charge is 2.32. The van der Waals surface area contributed by atoms with Crippen molar-refractivity contribution in [1.82, 2.24) is 0 Å². The van der Waals surface area contributed by atoms with E-state index in [4.69, 9.17) is 4.74 Å². The van der Waals surface area contributed by atoms with Crippen LogP contribution < -0.4 is 5.32 Å². The first-order valence-electron chi connectivity index (χ1n) is 7.36. The van der Waals surface area contributed by atoms with Gasteiger partial charge >= 0.3 is 5.97 Å². The van der Waals surface area contributed by atoms with Gasteiger partial charge < -0.3 is 10.1 Å². The van der Waals surface area contributed by atoms with Gasteiger partial charge in [0.05, 0.1) is 18.6 Å². The number of hydrogen-bond donors (Lipinski definition) is 1. The summed E-state index contributed by atoms with van der Waals surface area (Å²) in [4.78, 5) is 12.3. The number of nitrogens with one attached hydrogen (secondary N) is 1. The van der Waals surface area contributed by atoms with Crippen LogP contribution in [0.3, 0.4) is 0 Å². The molecule has 2 aromatic carbocycles. The third kappa shape index (κ3) is 2.77. The fourth-order valence-corrected chi connectivity index (χ4v) is 2.91.